The Balaban J connectivity index is 1.71. The number of aromatic nitrogens is 1. The van der Waals surface area contributed by atoms with E-state index in [9.17, 15) is 13.2 Å². The van der Waals surface area contributed by atoms with Gasteiger partial charge in [0.15, 0.2) is 0 Å². The van der Waals surface area contributed by atoms with Gasteiger partial charge in [0.1, 0.15) is 5.82 Å². The van der Waals surface area contributed by atoms with Gasteiger partial charge in [-0.3, -0.25) is 0 Å². The molecule has 1 aromatic carbocycles. The molecule has 1 fully saturated rings. The zero-order chi connectivity index (χ0) is 16.4. The lowest BCUT2D eigenvalue weighted by Gasteiger charge is -2.37. The predicted octanol–water partition coefficient (Wildman–Crippen LogP) is 3.01. The van der Waals surface area contributed by atoms with Gasteiger partial charge in [0, 0.05) is 32.4 Å². The van der Waals surface area contributed by atoms with E-state index in [4.69, 9.17) is 5.73 Å². The van der Waals surface area contributed by atoms with E-state index in [1.165, 1.54) is 6.07 Å². The molecular weight excluding hydrogens is 305 g/mol. The number of anilines is 3. The third kappa shape index (κ3) is 3.33. The Bertz CT molecular complexity index is 665. The van der Waals surface area contributed by atoms with Crippen molar-refractivity contribution in [2.45, 2.75) is 6.18 Å². The summed E-state index contributed by atoms with van der Waals surface area (Å²) in [5.74, 6) is 0.910. The third-order valence-electron chi connectivity index (χ3n) is 3.95. The Kier molecular flexibility index (Phi) is 4.02. The van der Waals surface area contributed by atoms with Gasteiger partial charge in [-0.15, -0.1) is 0 Å². The number of rotatable bonds is 2. The van der Waals surface area contributed by atoms with Crippen LogP contribution >= 0.6 is 0 Å². The van der Waals surface area contributed by atoms with E-state index in [-0.39, 0.29) is 5.69 Å². The molecule has 3 rings (SSSR count). The Hall–Kier alpha value is -2.44. The fourth-order valence-corrected chi connectivity index (χ4v) is 2.74. The SMILES string of the molecule is Nc1cc(C(F)(F)F)ccc1N1CCN(c2ccccn2)CC1. The zero-order valence-corrected chi connectivity index (χ0v) is 12.4. The van der Waals surface area contributed by atoms with Crippen molar-refractivity contribution < 1.29 is 13.2 Å². The first-order chi connectivity index (χ1) is 10.9. The molecule has 0 unspecified atom stereocenters. The van der Waals surface area contributed by atoms with E-state index in [1.807, 2.05) is 23.1 Å². The molecule has 1 aliphatic rings. The van der Waals surface area contributed by atoms with Crippen LogP contribution in [0.3, 0.4) is 0 Å². The summed E-state index contributed by atoms with van der Waals surface area (Å²) in [6.45, 7) is 2.87. The molecule has 2 heterocycles. The Morgan fingerprint density at radius 1 is 0.957 bits per heavy atom. The van der Waals surface area contributed by atoms with Crippen LogP contribution in [0.2, 0.25) is 0 Å². The summed E-state index contributed by atoms with van der Waals surface area (Å²) in [4.78, 5) is 8.47. The van der Waals surface area contributed by atoms with Gasteiger partial charge in [0.2, 0.25) is 0 Å². The molecule has 0 amide bonds. The molecule has 122 valence electrons. The van der Waals surface area contributed by atoms with Gasteiger partial charge >= 0.3 is 6.18 Å². The summed E-state index contributed by atoms with van der Waals surface area (Å²) >= 11 is 0. The molecule has 2 N–H and O–H groups in total. The minimum atomic E-state index is -4.37. The number of halogens is 3. The lowest BCUT2D eigenvalue weighted by Crippen LogP contribution is -2.47. The van der Waals surface area contributed by atoms with Gasteiger partial charge in [-0.05, 0) is 30.3 Å². The molecular formula is C16H17F3N4. The number of piperazine rings is 1. The van der Waals surface area contributed by atoms with Crippen LogP contribution in [0.5, 0.6) is 0 Å². The summed E-state index contributed by atoms with van der Waals surface area (Å²) in [6, 6.07) is 9.28. The van der Waals surface area contributed by atoms with Crippen LogP contribution in [0.25, 0.3) is 0 Å². The number of nitrogens with two attached hydrogens (primary N) is 1. The van der Waals surface area contributed by atoms with Gasteiger partial charge in [0.05, 0.1) is 16.9 Å². The first kappa shape index (κ1) is 15.5. The van der Waals surface area contributed by atoms with Crippen molar-refractivity contribution in [3.63, 3.8) is 0 Å². The van der Waals surface area contributed by atoms with Crippen LogP contribution in [0, 0.1) is 0 Å². The molecule has 0 spiro atoms. The number of alkyl halides is 3. The van der Waals surface area contributed by atoms with Crippen LogP contribution in [-0.4, -0.2) is 31.2 Å². The average Bonchev–Trinajstić information content (AvgIpc) is 2.55. The molecule has 7 heteroatoms. The van der Waals surface area contributed by atoms with Crippen molar-refractivity contribution >= 4 is 17.2 Å². The minimum Gasteiger partial charge on any atom is -0.397 e. The van der Waals surface area contributed by atoms with Crippen LogP contribution in [0.15, 0.2) is 42.6 Å². The summed E-state index contributed by atoms with van der Waals surface area (Å²) in [7, 11) is 0. The lowest BCUT2D eigenvalue weighted by atomic mass is 10.1. The number of nitrogen functional groups attached to an aromatic ring is 1. The molecule has 23 heavy (non-hydrogen) atoms. The third-order valence-corrected chi connectivity index (χ3v) is 3.95. The van der Waals surface area contributed by atoms with E-state index in [2.05, 4.69) is 9.88 Å². The average molecular weight is 322 g/mol. The number of benzene rings is 1. The highest BCUT2D eigenvalue weighted by Crippen LogP contribution is 2.34. The fraction of sp³-hybridized carbons (Fsp3) is 0.312. The maximum absolute atomic E-state index is 12.7. The van der Waals surface area contributed by atoms with E-state index < -0.39 is 11.7 Å². The van der Waals surface area contributed by atoms with Gasteiger partial charge in [0.25, 0.3) is 0 Å². The normalized spacial score (nSPS) is 15.8. The van der Waals surface area contributed by atoms with Gasteiger partial charge in [-0.2, -0.15) is 13.2 Å². The molecule has 2 aromatic rings. The Labute approximate surface area is 132 Å². The van der Waals surface area contributed by atoms with Crippen molar-refractivity contribution in [1.29, 1.82) is 0 Å². The molecule has 0 saturated carbocycles. The van der Waals surface area contributed by atoms with Crippen molar-refractivity contribution in [2.75, 3.05) is 41.7 Å². The first-order valence-electron chi connectivity index (χ1n) is 7.33. The van der Waals surface area contributed by atoms with E-state index in [0.29, 0.717) is 18.8 Å². The minimum absolute atomic E-state index is 0.158. The molecule has 0 bridgehead atoms. The molecule has 1 saturated heterocycles. The summed E-state index contributed by atoms with van der Waals surface area (Å²) in [6.07, 6.45) is -2.63. The van der Waals surface area contributed by atoms with Crippen LogP contribution in [0.1, 0.15) is 5.56 Å². The van der Waals surface area contributed by atoms with E-state index in [0.717, 1.165) is 31.0 Å². The van der Waals surface area contributed by atoms with E-state index >= 15 is 0 Å². The summed E-state index contributed by atoms with van der Waals surface area (Å²) in [5, 5.41) is 0. The Morgan fingerprint density at radius 2 is 1.65 bits per heavy atom. The maximum atomic E-state index is 12.7. The van der Waals surface area contributed by atoms with Crippen molar-refractivity contribution in [3.8, 4) is 0 Å². The highest BCUT2D eigenvalue weighted by Gasteiger charge is 2.31. The highest BCUT2D eigenvalue weighted by atomic mass is 19.4. The lowest BCUT2D eigenvalue weighted by molar-refractivity contribution is -0.137. The number of hydrogen-bond acceptors (Lipinski definition) is 4. The topological polar surface area (TPSA) is 45.4 Å². The maximum Gasteiger partial charge on any atom is 0.416 e. The fourth-order valence-electron chi connectivity index (χ4n) is 2.74. The Morgan fingerprint density at radius 3 is 2.22 bits per heavy atom. The molecule has 4 nitrogen and oxygen atoms in total. The zero-order valence-electron chi connectivity index (χ0n) is 12.4. The second kappa shape index (κ2) is 5.98. The smallest absolute Gasteiger partial charge is 0.397 e. The largest absolute Gasteiger partial charge is 0.416 e. The van der Waals surface area contributed by atoms with Crippen molar-refractivity contribution in [3.05, 3.63) is 48.2 Å². The predicted molar refractivity (Wildman–Crippen MR) is 84.5 cm³/mol. The molecule has 0 atom stereocenters. The number of pyridine rings is 1. The second-order valence-corrected chi connectivity index (χ2v) is 5.43. The van der Waals surface area contributed by atoms with Gasteiger partial charge in [-0.1, -0.05) is 6.07 Å². The summed E-state index contributed by atoms with van der Waals surface area (Å²) < 4.78 is 38.1. The quantitative estimate of drug-likeness (QED) is 0.864. The van der Waals surface area contributed by atoms with Crippen LogP contribution < -0.4 is 15.5 Å². The number of hydrogen-bond donors (Lipinski definition) is 1. The number of nitrogens with zero attached hydrogens (tertiary/aromatic N) is 3. The van der Waals surface area contributed by atoms with Crippen LogP contribution in [0.4, 0.5) is 30.4 Å². The highest BCUT2D eigenvalue weighted by molar-refractivity contribution is 5.69. The molecule has 1 aliphatic heterocycles. The van der Waals surface area contributed by atoms with Crippen molar-refractivity contribution in [1.82, 2.24) is 4.98 Å². The monoisotopic (exact) mass is 322 g/mol. The summed E-state index contributed by atoms with van der Waals surface area (Å²) in [5.41, 5.74) is 5.92. The molecule has 1 aromatic heterocycles. The van der Waals surface area contributed by atoms with Gasteiger partial charge in [-0.25, -0.2) is 4.98 Å². The standard InChI is InChI=1S/C16H17F3N4/c17-16(18,19)12-4-5-14(13(20)11-12)22-7-9-23(10-8-22)15-3-1-2-6-21-15/h1-6,11H,7-10,20H2. The van der Waals surface area contributed by atoms with Crippen LogP contribution in [-0.2, 0) is 6.18 Å². The molecule has 0 aliphatic carbocycles. The van der Waals surface area contributed by atoms with E-state index in [1.54, 1.807) is 6.20 Å². The van der Waals surface area contributed by atoms with Gasteiger partial charge < -0.3 is 15.5 Å². The first-order valence-corrected chi connectivity index (χ1v) is 7.33. The molecule has 0 radical (unpaired) electrons. The van der Waals surface area contributed by atoms with Crippen molar-refractivity contribution in [2.24, 2.45) is 0 Å². The second-order valence-electron chi connectivity index (χ2n) is 5.43.